The SMILES string of the molecule is CCNC(=O)CCN1CCCC1CO. The molecular weight excluding hydrogens is 180 g/mol. The monoisotopic (exact) mass is 200 g/mol. The highest BCUT2D eigenvalue weighted by molar-refractivity contribution is 5.75. The third kappa shape index (κ3) is 3.27. The summed E-state index contributed by atoms with van der Waals surface area (Å²) in [5.74, 6) is 0.107. The molecule has 0 aromatic heterocycles. The van der Waals surface area contributed by atoms with Crippen molar-refractivity contribution in [3.63, 3.8) is 0 Å². The van der Waals surface area contributed by atoms with Crippen molar-refractivity contribution in [2.45, 2.75) is 32.2 Å². The Morgan fingerprint density at radius 2 is 2.43 bits per heavy atom. The standard InChI is InChI=1S/C10H20N2O2/c1-2-11-10(14)5-7-12-6-3-4-9(12)8-13/h9,13H,2-8H2,1H3,(H,11,14). The van der Waals surface area contributed by atoms with Crippen molar-refractivity contribution in [1.82, 2.24) is 10.2 Å². The van der Waals surface area contributed by atoms with Gasteiger partial charge < -0.3 is 10.4 Å². The van der Waals surface area contributed by atoms with Gasteiger partial charge in [0.05, 0.1) is 6.61 Å². The second-order valence-corrected chi connectivity index (χ2v) is 3.72. The van der Waals surface area contributed by atoms with Crippen molar-refractivity contribution in [1.29, 1.82) is 0 Å². The summed E-state index contributed by atoms with van der Waals surface area (Å²) in [6.45, 7) is 4.63. The number of carbonyl (C=O) groups excluding carboxylic acids is 1. The molecule has 0 aliphatic carbocycles. The lowest BCUT2D eigenvalue weighted by Gasteiger charge is -2.21. The average molecular weight is 200 g/mol. The Morgan fingerprint density at radius 3 is 3.07 bits per heavy atom. The van der Waals surface area contributed by atoms with Gasteiger partial charge in [-0.25, -0.2) is 0 Å². The van der Waals surface area contributed by atoms with E-state index < -0.39 is 0 Å². The smallest absolute Gasteiger partial charge is 0.221 e. The molecule has 14 heavy (non-hydrogen) atoms. The van der Waals surface area contributed by atoms with Crippen LogP contribution in [0.15, 0.2) is 0 Å². The molecule has 1 aliphatic heterocycles. The van der Waals surface area contributed by atoms with E-state index in [0.717, 1.165) is 25.9 Å². The maximum atomic E-state index is 11.2. The summed E-state index contributed by atoms with van der Waals surface area (Å²) < 4.78 is 0. The Hall–Kier alpha value is -0.610. The molecule has 1 aliphatic rings. The number of amides is 1. The lowest BCUT2D eigenvalue weighted by molar-refractivity contribution is -0.121. The van der Waals surface area contributed by atoms with Gasteiger partial charge in [-0.3, -0.25) is 9.69 Å². The molecule has 0 bridgehead atoms. The Labute approximate surface area is 85.3 Å². The maximum Gasteiger partial charge on any atom is 0.221 e. The van der Waals surface area contributed by atoms with Crippen LogP contribution in [-0.2, 0) is 4.79 Å². The molecule has 1 atom stereocenters. The van der Waals surface area contributed by atoms with Gasteiger partial charge in [0.2, 0.25) is 5.91 Å². The first-order valence-electron chi connectivity index (χ1n) is 5.39. The van der Waals surface area contributed by atoms with Crippen molar-refractivity contribution in [2.75, 3.05) is 26.2 Å². The van der Waals surface area contributed by atoms with Gasteiger partial charge >= 0.3 is 0 Å². The Kier molecular flexibility index (Phi) is 4.90. The highest BCUT2D eigenvalue weighted by atomic mass is 16.3. The zero-order valence-electron chi connectivity index (χ0n) is 8.83. The van der Waals surface area contributed by atoms with Crippen LogP contribution < -0.4 is 5.32 Å². The zero-order chi connectivity index (χ0) is 10.4. The summed E-state index contributed by atoms with van der Waals surface area (Å²) in [5, 5.41) is 11.8. The minimum Gasteiger partial charge on any atom is -0.395 e. The van der Waals surface area contributed by atoms with E-state index in [1.54, 1.807) is 0 Å². The summed E-state index contributed by atoms with van der Waals surface area (Å²) in [6, 6.07) is 0.282. The second-order valence-electron chi connectivity index (χ2n) is 3.72. The predicted octanol–water partition coefficient (Wildman–Crippen LogP) is -0.0307. The number of nitrogens with zero attached hydrogens (tertiary/aromatic N) is 1. The van der Waals surface area contributed by atoms with E-state index in [0.29, 0.717) is 13.0 Å². The molecule has 1 fully saturated rings. The third-order valence-electron chi connectivity index (χ3n) is 2.71. The quantitative estimate of drug-likeness (QED) is 0.655. The van der Waals surface area contributed by atoms with Gasteiger partial charge in [0.25, 0.3) is 0 Å². The molecule has 0 aromatic rings. The summed E-state index contributed by atoms with van der Waals surface area (Å²) >= 11 is 0. The van der Waals surface area contributed by atoms with Crippen molar-refractivity contribution in [3.8, 4) is 0 Å². The predicted molar refractivity (Wildman–Crippen MR) is 55.0 cm³/mol. The van der Waals surface area contributed by atoms with Gasteiger partial charge in [-0.1, -0.05) is 0 Å². The molecular formula is C10H20N2O2. The topological polar surface area (TPSA) is 52.6 Å². The first-order chi connectivity index (χ1) is 6.77. The Morgan fingerprint density at radius 1 is 1.64 bits per heavy atom. The molecule has 4 nitrogen and oxygen atoms in total. The molecule has 1 saturated heterocycles. The molecule has 2 N–H and O–H groups in total. The van der Waals surface area contributed by atoms with E-state index in [1.807, 2.05) is 6.92 Å². The van der Waals surface area contributed by atoms with Gasteiger partial charge in [-0.05, 0) is 26.3 Å². The molecule has 1 unspecified atom stereocenters. The van der Waals surface area contributed by atoms with Crippen molar-refractivity contribution >= 4 is 5.91 Å². The second kappa shape index (κ2) is 5.98. The van der Waals surface area contributed by atoms with Crippen LogP contribution in [0.1, 0.15) is 26.2 Å². The highest BCUT2D eigenvalue weighted by Crippen LogP contribution is 2.16. The zero-order valence-corrected chi connectivity index (χ0v) is 8.83. The summed E-state index contributed by atoms with van der Waals surface area (Å²) in [4.78, 5) is 13.4. The molecule has 1 heterocycles. The van der Waals surface area contributed by atoms with Crippen molar-refractivity contribution in [3.05, 3.63) is 0 Å². The molecule has 0 radical (unpaired) electrons. The minimum atomic E-state index is 0.107. The van der Waals surface area contributed by atoms with Crippen LogP contribution in [0.25, 0.3) is 0 Å². The fourth-order valence-corrected chi connectivity index (χ4v) is 1.93. The molecule has 1 amide bonds. The lowest BCUT2D eigenvalue weighted by Crippen LogP contribution is -2.35. The maximum absolute atomic E-state index is 11.2. The van der Waals surface area contributed by atoms with Crippen LogP contribution in [0, 0.1) is 0 Å². The van der Waals surface area contributed by atoms with Crippen LogP contribution in [0.2, 0.25) is 0 Å². The molecule has 0 saturated carbocycles. The van der Waals surface area contributed by atoms with E-state index in [9.17, 15) is 4.79 Å². The van der Waals surface area contributed by atoms with E-state index in [1.165, 1.54) is 0 Å². The Bertz CT molecular complexity index is 185. The Balaban J connectivity index is 2.20. The minimum absolute atomic E-state index is 0.107. The fourth-order valence-electron chi connectivity index (χ4n) is 1.93. The highest BCUT2D eigenvalue weighted by Gasteiger charge is 2.23. The number of hydrogen-bond donors (Lipinski definition) is 2. The number of hydrogen-bond acceptors (Lipinski definition) is 3. The molecule has 4 heteroatoms. The van der Waals surface area contributed by atoms with E-state index in [-0.39, 0.29) is 18.6 Å². The van der Waals surface area contributed by atoms with Gasteiger partial charge in [0.1, 0.15) is 0 Å². The van der Waals surface area contributed by atoms with E-state index in [2.05, 4.69) is 10.2 Å². The van der Waals surface area contributed by atoms with Gasteiger partial charge in [-0.2, -0.15) is 0 Å². The molecule has 0 aromatic carbocycles. The van der Waals surface area contributed by atoms with Crippen LogP contribution in [-0.4, -0.2) is 48.2 Å². The van der Waals surface area contributed by atoms with E-state index >= 15 is 0 Å². The van der Waals surface area contributed by atoms with Crippen LogP contribution in [0.4, 0.5) is 0 Å². The molecule has 1 rings (SSSR count). The van der Waals surface area contributed by atoms with Gasteiger partial charge in [-0.15, -0.1) is 0 Å². The first kappa shape index (κ1) is 11.5. The molecule has 0 spiro atoms. The number of aliphatic hydroxyl groups excluding tert-OH is 1. The summed E-state index contributed by atoms with van der Waals surface area (Å²) in [6.07, 6.45) is 2.75. The number of rotatable bonds is 5. The fraction of sp³-hybridized carbons (Fsp3) is 0.900. The van der Waals surface area contributed by atoms with E-state index in [4.69, 9.17) is 5.11 Å². The average Bonchev–Trinajstić information content (AvgIpc) is 2.62. The van der Waals surface area contributed by atoms with Crippen molar-refractivity contribution < 1.29 is 9.90 Å². The number of nitrogens with one attached hydrogen (secondary N) is 1. The van der Waals surface area contributed by atoms with Crippen LogP contribution in [0.5, 0.6) is 0 Å². The number of aliphatic hydroxyl groups is 1. The van der Waals surface area contributed by atoms with Gasteiger partial charge in [0, 0.05) is 25.6 Å². The lowest BCUT2D eigenvalue weighted by atomic mass is 10.2. The third-order valence-corrected chi connectivity index (χ3v) is 2.71. The first-order valence-corrected chi connectivity index (χ1v) is 5.39. The van der Waals surface area contributed by atoms with Gasteiger partial charge in [0.15, 0.2) is 0 Å². The van der Waals surface area contributed by atoms with Crippen LogP contribution >= 0.6 is 0 Å². The largest absolute Gasteiger partial charge is 0.395 e. The number of carbonyl (C=O) groups is 1. The molecule has 82 valence electrons. The summed E-state index contributed by atoms with van der Waals surface area (Å²) in [5.41, 5.74) is 0. The summed E-state index contributed by atoms with van der Waals surface area (Å²) in [7, 11) is 0. The normalized spacial score (nSPS) is 22.6. The number of likely N-dealkylation sites (tertiary alicyclic amines) is 1. The van der Waals surface area contributed by atoms with Crippen molar-refractivity contribution in [2.24, 2.45) is 0 Å². The van der Waals surface area contributed by atoms with Crippen LogP contribution in [0.3, 0.4) is 0 Å².